The molecule has 0 saturated heterocycles. The molecule has 2 amide bonds. The number of carbonyl (C=O) groups excluding carboxylic acids is 2. The molecule has 0 radical (unpaired) electrons. The van der Waals surface area contributed by atoms with Crippen LogP contribution in [0.15, 0.2) is 83.9 Å². The lowest BCUT2D eigenvalue weighted by molar-refractivity contribution is -0.130. The third kappa shape index (κ3) is 5.01. The van der Waals surface area contributed by atoms with Crippen LogP contribution in [0.4, 0.5) is 5.69 Å². The van der Waals surface area contributed by atoms with Crippen molar-refractivity contribution < 1.29 is 9.59 Å². The van der Waals surface area contributed by atoms with Gasteiger partial charge >= 0.3 is 5.69 Å². The molecule has 0 spiro atoms. The number of aromatic nitrogens is 3. The van der Waals surface area contributed by atoms with Gasteiger partial charge in [-0.3, -0.25) is 14.6 Å². The van der Waals surface area contributed by atoms with E-state index < -0.39 is 11.6 Å². The summed E-state index contributed by atoms with van der Waals surface area (Å²) in [6, 6.07) is 22.6. The Morgan fingerprint density at radius 1 is 1.03 bits per heavy atom. The van der Waals surface area contributed by atoms with Crippen LogP contribution in [0, 0.1) is 0 Å². The first kappa shape index (κ1) is 25.2. The lowest BCUT2D eigenvalue weighted by Crippen LogP contribution is -2.56. The van der Waals surface area contributed by atoms with Crippen molar-refractivity contribution in [2.45, 2.75) is 44.8 Å². The van der Waals surface area contributed by atoms with Crippen LogP contribution in [-0.4, -0.2) is 38.2 Å². The average Bonchev–Trinajstić information content (AvgIpc) is 3.29. The van der Waals surface area contributed by atoms with Crippen molar-refractivity contribution in [3.8, 4) is 16.8 Å². The number of hydrogen-bond donors (Lipinski definition) is 3. The van der Waals surface area contributed by atoms with E-state index in [1.165, 1.54) is 11.0 Å². The topological polar surface area (TPSA) is 126 Å². The van der Waals surface area contributed by atoms with E-state index in [9.17, 15) is 14.4 Å². The van der Waals surface area contributed by atoms with Crippen LogP contribution in [0.5, 0.6) is 0 Å². The molecule has 4 aromatic rings. The van der Waals surface area contributed by atoms with Crippen molar-refractivity contribution in [1.82, 2.24) is 20.1 Å². The Hall–Kier alpha value is -4.50. The van der Waals surface area contributed by atoms with Gasteiger partial charge in [0.15, 0.2) is 0 Å². The van der Waals surface area contributed by atoms with Crippen LogP contribution < -0.4 is 21.6 Å². The molecule has 1 aromatic heterocycles. The Bertz CT molecular complexity index is 1530. The molecule has 0 fully saturated rings. The summed E-state index contributed by atoms with van der Waals surface area (Å²) in [5.41, 5.74) is 9.84. The number of aromatic amines is 1. The molecule has 2 heterocycles. The Morgan fingerprint density at radius 3 is 2.39 bits per heavy atom. The maximum Gasteiger partial charge on any atom is 0.347 e. The number of nitrogens with zero attached hydrogens (tertiary/aromatic N) is 3. The van der Waals surface area contributed by atoms with Crippen LogP contribution in [0.25, 0.3) is 16.8 Å². The predicted octanol–water partition coefficient (Wildman–Crippen LogP) is 2.93. The second-order valence-corrected chi connectivity index (χ2v) is 10.1. The summed E-state index contributed by atoms with van der Waals surface area (Å²) in [4.78, 5) is 42.8. The van der Waals surface area contributed by atoms with Gasteiger partial charge in [0.05, 0.1) is 17.8 Å². The fourth-order valence-electron chi connectivity index (χ4n) is 4.66. The zero-order valence-electron chi connectivity index (χ0n) is 21.3. The smallest absolute Gasteiger partial charge is 0.343 e. The molecule has 4 N–H and O–H groups in total. The molecule has 0 unspecified atom stereocenters. The number of benzene rings is 3. The normalized spacial score (nSPS) is 15.6. The molecule has 38 heavy (non-hydrogen) atoms. The quantitative estimate of drug-likeness (QED) is 0.368. The van der Waals surface area contributed by atoms with E-state index in [4.69, 9.17) is 5.73 Å². The van der Waals surface area contributed by atoms with Crippen LogP contribution in [0.1, 0.15) is 31.4 Å². The summed E-state index contributed by atoms with van der Waals surface area (Å²) in [7, 11) is 0. The number of fused-ring (bicyclic) bond motifs is 1. The Kier molecular flexibility index (Phi) is 6.69. The van der Waals surface area contributed by atoms with Gasteiger partial charge in [-0.05, 0) is 55.5 Å². The minimum Gasteiger partial charge on any atom is -0.343 e. The van der Waals surface area contributed by atoms with Gasteiger partial charge in [-0.15, -0.1) is 0 Å². The Labute approximate surface area is 220 Å². The number of hydrogen-bond acceptors (Lipinski definition) is 5. The number of amides is 2. The van der Waals surface area contributed by atoms with Crippen molar-refractivity contribution in [1.29, 1.82) is 0 Å². The van der Waals surface area contributed by atoms with E-state index in [2.05, 4.69) is 15.4 Å². The van der Waals surface area contributed by atoms with Crippen molar-refractivity contribution >= 4 is 17.5 Å². The van der Waals surface area contributed by atoms with Crippen molar-refractivity contribution in [3.63, 3.8) is 0 Å². The summed E-state index contributed by atoms with van der Waals surface area (Å²) in [5, 5.41) is 6.98. The standard InChI is InChI=1S/C29H30N6O3/c1-29(2,30)27(37)33-23-16-15-21-7-3-5-9-24(21)34(26(23)36)17-19-11-13-20(14-12-19)22-8-4-6-10-25(22)35-28(38)31-18-32-35/h3-14,18,23H,15-17,30H2,1-2H3,(H,33,37)(H,31,32,38)/t23-/m1/s1. The summed E-state index contributed by atoms with van der Waals surface area (Å²) >= 11 is 0. The third-order valence-electron chi connectivity index (χ3n) is 6.73. The van der Waals surface area contributed by atoms with E-state index in [-0.39, 0.29) is 17.5 Å². The van der Waals surface area contributed by atoms with Gasteiger partial charge in [0.2, 0.25) is 11.8 Å². The van der Waals surface area contributed by atoms with Crippen LogP contribution >= 0.6 is 0 Å². The average molecular weight is 511 g/mol. The lowest BCUT2D eigenvalue weighted by Gasteiger charge is -2.28. The van der Waals surface area contributed by atoms with Gasteiger partial charge in [-0.25, -0.2) is 4.79 Å². The largest absolute Gasteiger partial charge is 0.347 e. The predicted molar refractivity (Wildman–Crippen MR) is 146 cm³/mol. The van der Waals surface area contributed by atoms with Gasteiger partial charge in [0.25, 0.3) is 0 Å². The third-order valence-corrected chi connectivity index (χ3v) is 6.73. The molecule has 3 aromatic carbocycles. The van der Waals surface area contributed by atoms with Crippen LogP contribution in [-0.2, 0) is 22.6 Å². The second kappa shape index (κ2) is 10.1. The van der Waals surface area contributed by atoms with Gasteiger partial charge in [-0.1, -0.05) is 60.7 Å². The number of para-hydroxylation sites is 2. The number of nitrogens with two attached hydrogens (primary N) is 1. The fraction of sp³-hybridized carbons (Fsp3) is 0.241. The summed E-state index contributed by atoms with van der Waals surface area (Å²) < 4.78 is 1.33. The van der Waals surface area contributed by atoms with Gasteiger partial charge in [0.1, 0.15) is 12.4 Å². The first-order valence-corrected chi connectivity index (χ1v) is 12.5. The molecule has 0 saturated carbocycles. The molecule has 1 aliphatic rings. The van der Waals surface area contributed by atoms with Gasteiger partial charge in [0, 0.05) is 11.3 Å². The number of H-pyrrole nitrogens is 1. The molecule has 1 atom stereocenters. The van der Waals surface area contributed by atoms with Crippen molar-refractivity contribution in [3.05, 3.63) is 101 Å². The Balaban J connectivity index is 1.44. The molecule has 0 aliphatic carbocycles. The van der Waals surface area contributed by atoms with Gasteiger partial charge in [-0.2, -0.15) is 9.78 Å². The lowest BCUT2D eigenvalue weighted by atomic mass is 10.0. The summed E-state index contributed by atoms with van der Waals surface area (Å²) in [5.74, 6) is -0.527. The van der Waals surface area contributed by atoms with E-state index in [0.29, 0.717) is 25.1 Å². The minimum absolute atomic E-state index is 0.167. The highest BCUT2D eigenvalue weighted by Crippen LogP contribution is 2.30. The van der Waals surface area contributed by atoms with Gasteiger partial charge < -0.3 is 16.0 Å². The fourth-order valence-corrected chi connectivity index (χ4v) is 4.66. The first-order valence-electron chi connectivity index (χ1n) is 12.5. The van der Waals surface area contributed by atoms with Crippen LogP contribution in [0.2, 0.25) is 0 Å². The van der Waals surface area contributed by atoms with E-state index >= 15 is 0 Å². The van der Waals surface area contributed by atoms with Crippen LogP contribution in [0.3, 0.4) is 0 Å². The molecule has 9 heteroatoms. The highest BCUT2D eigenvalue weighted by Gasteiger charge is 2.34. The van der Waals surface area contributed by atoms with E-state index in [1.54, 1.807) is 18.7 Å². The molecule has 9 nitrogen and oxygen atoms in total. The highest BCUT2D eigenvalue weighted by atomic mass is 16.2. The molecule has 0 bridgehead atoms. The zero-order valence-corrected chi connectivity index (χ0v) is 21.3. The van der Waals surface area contributed by atoms with Crippen molar-refractivity contribution in [2.24, 2.45) is 5.73 Å². The number of carbonyl (C=O) groups is 2. The monoisotopic (exact) mass is 510 g/mol. The Morgan fingerprint density at radius 2 is 1.71 bits per heavy atom. The second-order valence-electron chi connectivity index (χ2n) is 10.1. The molecule has 194 valence electrons. The maximum atomic E-state index is 13.7. The van der Waals surface area contributed by atoms with E-state index in [0.717, 1.165) is 27.9 Å². The van der Waals surface area contributed by atoms with E-state index in [1.807, 2.05) is 72.8 Å². The highest BCUT2D eigenvalue weighted by molar-refractivity contribution is 6.01. The van der Waals surface area contributed by atoms with Crippen molar-refractivity contribution in [2.75, 3.05) is 4.90 Å². The molecule has 5 rings (SSSR count). The summed E-state index contributed by atoms with van der Waals surface area (Å²) in [6.07, 6.45) is 2.52. The minimum atomic E-state index is -1.09. The first-order chi connectivity index (χ1) is 18.2. The maximum absolute atomic E-state index is 13.7. The SMILES string of the molecule is CC(C)(N)C(=O)N[C@@H]1CCc2ccccc2N(Cc2ccc(-c3ccccc3-n3nc[nH]c3=O)cc2)C1=O. The molecular formula is C29H30N6O3. The zero-order chi connectivity index (χ0) is 26.9. The number of anilines is 1. The molecule has 1 aliphatic heterocycles. The molecular weight excluding hydrogens is 480 g/mol. The number of aryl methyl sites for hydroxylation is 1. The summed E-state index contributed by atoms with van der Waals surface area (Å²) in [6.45, 7) is 3.59. The number of nitrogens with one attached hydrogen (secondary N) is 2. The number of rotatable bonds is 6.